The van der Waals surface area contributed by atoms with Gasteiger partial charge in [-0.15, -0.1) is 0 Å². The Hall–Kier alpha value is -0.930. The van der Waals surface area contributed by atoms with E-state index in [0.29, 0.717) is 13.0 Å². The van der Waals surface area contributed by atoms with Crippen molar-refractivity contribution in [3.63, 3.8) is 0 Å². The van der Waals surface area contributed by atoms with Gasteiger partial charge < -0.3 is 0 Å². The zero-order chi connectivity index (χ0) is 8.10. The topological polar surface area (TPSA) is 30.7 Å². The van der Waals surface area contributed by atoms with Gasteiger partial charge in [-0.05, 0) is 12.8 Å². The molecule has 1 aromatic rings. The van der Waals surface area contributed by atoms with Crippen molar-refractivity contribution in [2.24, 2.45) is 0 Å². The fraction of sp³-hybridized carbons (Fsp3) is 0.714. The molecule has 1 rings (SSSR count). The second-order valence-corrected chi connectivity index (χ2v) is 2.33. The molecule has 0 bridgehead atoms. The molecule has 1 heterocycles. The first-order valence-corrected chi connectivity index (χ1v) is 3.81. The predicted octanol–water partition coefficient (Wildman–Crippen LogP) is 1.20. The van der Waals surface area contributed by atoms with E-state index in [-0.39, 0.29) is 6.67 Å². The van der Waals surface area contributed by atoms with Crippen LogP contribution in [0.4, 0.5) is 4.39 Å². The third-order valence-electron chi connectivity index (χ3n) is 1.44. The molecule has 0 aliphatic carbocycles. The second kappa shape index (κ2) is 4.05. The molecule has 0 atom stereocenters. The molecule has 0 aliphatic heterocycles. The molecule has 0 amide bonds. The van der Waals surface area contributed by atoms with Crippen LogP contribution in [0.15, 0.2) is 6.20 Å². The highest BCUT2D eigenvalue weighted by Crippen LogP contribution is 1.93. The molecule has 0 saturated heterocycles. The fourth-order valence-corrected chi connectivity index (χ4v) is 0.804. The number of nitrogens with zero attached hydrogens (tertiary/aromatic N) is 3. The molecular weight excluding hydrogens is 145 g/mol. The van der Waals surface area contributed by atoms with Crippen molar-refractivity contribution < 1.29 is 4.39 Å². The van der Waals surface area contributed by atoms with Crippen LogP contribution in [0, 0.1) is 0 Å². The lowest BCUT2D eigenvalue weighted by Gasteiger charge is -1.93. The predicted molar refractivity (Wildman–Crippen MR) is 40.0 cm³/mol. The van der Waals surface area contributed by atoms with Crippen molar-refractivity contribution in [2.45, 2.75) is 26.3 Å². The van der Waals surface area contributed by atoms with Crippen molar-refractivity contribution in [2.75, 3.05) is 6.67 Å². The normalized spacial score (nSPS) is 10.4. The molecule has 0 N–H and O–H groups in total. The van der Waals surface area contributed by atoms with E-state index in [9.17, 15) is 4.39 Å². The Bertz CT molecular complexity index is 209. The molecule has 62 valence electrons. The zero-order valence-corrected chi connectivity index (χ0v) is 6.63. The lowest BCUT2D eigenvalue weighted by molar-refractivity contribution is 0.415. The van der Waals surface area contributed by atoms with E-state index in [1.54, 1.807) is 11.0 Å². The van der Waals surface area contributed by atoms with Gasteiger partial charge in [0.1, 0.15) is 0 Å². The summed E-state index contributed by atoms with van der Waals surface area (Å²) in [5.74, 6) is 0. The Morgan fingerprint density at radius 3 is 3.00 bits per heavy atom. The first kappa shape index (κ1) is 8.17. The average molecular weight is 157 g/mol. The summed E-state index contributed by atoms with van der Waals surface area (Å²) in [6.07, 6.45) is 3.10. The Morgan fingerprint density at radius 1 is 1.64 bits per heavy atom. The quantitative estimate of drug-likeness (QED) is 0.657. The van der Waals surface area contributed by atoms with Gasteiger partial charge in [-0.2, -0.15) is 15.0 Å². The van der Waals surface area contributed by atoms with Gasteiger partial charge in [0.25, 0.3) is 0 Å². The van der Waals surface area contributed by atoms with E-state index in [2.05, 4.69) is 10.2 Å². The summed E-state index contributed by atoms with van der Waals surface area (Å²) >= 11 is 0. The standard InChI is InChI=1S/C7H12FN3/c1-2-7-6-9-11(10-7)5-3-4-8/h6H,2-5H2,1H3. The minimum atomic E-state index is -0.303. The van der Waals surface area contributed by atoms with Crippen molar-refractivity contribution in [3.8, 4) is 0 Å². The first-order valence-electron chi connectivity index (χ1n) is 3.81. The number of hydrogen-bond acceptors (Lipinski definition) is 2. The van der Waals surface area contributed by atoms with Crippen LogP contribution in [-0.2, 0) is 13.0 Å². The maximum Gasteiger partial charge on any atom is 0.0912 e. The van der Waals surface area contributed by atoms with Crippen LogP contribution in [0.2, 0.25) is 0 Å². The molecule has 0 saturated carbocycles. The zero-order valence-electron chi connectivity index (χ0n) is 6.63. The summed E-state index contributed by atoms with van der Waals surface area (Å²) in [4.78, 5) is 1.54. The van der Waals surface area contributed by atoms with Gasteiger partial charge in [-0.1, -0.05) is 6.92 Å². The van der Waals surface area contributed by atoms with Gasteiger partial charge in [0.15, 0.2) is 0 Å². The maximum atomic E-state index is 11.7. The minimum Gasteiger partial charge on any atom is -0.251 e. The van der Waals surface area contributed by atoms with Crippen LogP contribution in [-0.4, -0.2) is 21.7 Å². The summed E-state index contributed by atoms with van der Waals surface area (Å²) in [5.41, 5.74) is 0.962. The van der Waals surface area contributed by atoms with Crippen LogP contribution in [0.25, 0.3) is 0 Å². The van der Waals surface area contributed by atoms with Gasteiger partial charge >= 0.3 is 0 Å². The van der Waals surface area contributed by atoms with E-state index in [4.69, 9.17) is 0 Å². The molecular formula is C7H12FN3. The molecule has 0 fully saturated rings. The van der Waals surface area contributed by atoms with Crippen LogP contribution in [0.1, 0.15) is 19.0 Å². The van der Waals surface area contributed by atoms with Crippen molar-refractivity contribution in [1.29, 1.82) is 0 Å². The lowest BCUT2D eigenvalue weighted by atomic mass is 10.4. The number of halogens is 1. The summed E-state index contributed by atoms with van der Waals surface area (Å²) in [6, 6.07) is 0. The number of rotatable bonds is 4. The number of alkyl halides is 1. The van der Waals surface area contributed by atoms with Gasteiger partial charge in [-0.25, -0.2) is 0 Å². The largest absolute Gasteiger partial charge is 0.251 e. The van der Waals surface area contributed by atoms with E-state index in [1.165, 1.54) is 0 Å². The smallest absolute Gasteiger partial charge is 0.0912 e. The van der Waals surface area contributed by atoms with Gasteiger partial charge in [0.2, 0.25) is 0 Å². The van der Waals surface area contributed by atoms with Crippen LogP contribution < -0.4 is 0 Å². The highest BCUT2D eigenvalue weighted by Gasteiger charge is 1.96. The maximum absolute atomic E-state index is 11.7. The van der Waals surface area contributed by atoms with Gasteiger partial charge in [-0.3, -0.25) is 4.39 Å². The molecule has 0 aromatic carbocycles. The SMILES string of the molecule is CCc1cnn(CCCF)n1. The van der Waals surface area contributed by atoms with E-state index >= 15 is 0 Å². The summed E-state index contributed by atoms with van der Waals surface area (Å²) < 4.78 is 11.7. The van der Waals surface area contributed by atoms with Crippen molar-refractivity contribution >= 4 is 0 Å². The molecule has 3 nitrogen and oxygen atoms in total. The van der Waals surface area contributed by atoms with E-state index < -0.39 is 0 Å². The molecule has 0 aliphatic rings. The minimum absolute atomic E-state index is 0.303. The summed E-state index contributed by atoms with van der Waals surface area (Å²) in [7, 11) is 0. The molecule has 11 heavy (non-hydrogen) atoms. The summed E-state index contributed by atoms with van der Waals surface area (Å²) in [6.45, 7) is 2.29. The van der Waals surface area contributed by atoms with Gasteiger partial charge in [0, 0.05) is 0 Å². The second-order valence-electron chi connectivity index (χ2n) is 2.33. The Morgan fingerprint density at radius 2 is 2.45 bits per heavy atom. The summed E-state index contributed by atoms with van der Waals surface area (Å²) in [5, 5.41) is 8.07. The number of aromatic nitrogens is 3. The molecule has 4 heteroatoms. The lowest BCUT2D eigenvalue weighted by Crippen LogP contribution is -2.03. The highest BCUT2D eigenvalue weighted by molar-refractivity contribution is 4.89. The van der Waals surface area contributed by atoms with Crippen molar-refractivity contribution in [3.05, 3.63) is 11.9 Å². The third-order valence-corrected chi connectivity index (χ3v) is 1.44. The Balaban J connectivity index is 2.44. The molecule has 1 aromatic heterocycles. The molecule has 0 unspecified atom stereocenters. The van der Waals surface area contributed by atoms with Gasteiger partial charge in [0.05, 0.1) is 25.1 Å². The van der Waals surface area contributed by atoms with E-state index in [0.717, 1.165) is 12.1 Å². The Labute approximate surface area is 65.2 Å². The third kappa shape index (κ3) is 2.29. The highest BCUT2D eigenvalue weighted by atomic mass is 19.1. The molecule has 0 spiro atoms. The Kier molecular flexibility index (Phi) is 3.01. The average Bonchev–Trinajstić information content (AvgIpc) is 2.48. The fourth-order valence-electron chi connectivity index (χ4n) is 0.804. The van der Waals surface area contributed by atoms with Crippen LogP contribution in [0.5, 0.6) is 0 Å². The van der Waals surface area contributed by atoms with Crippen LogP contribution >= 0.6 is 0 Å². The first-order chi connectivity index (χ1) is 5.36. The number of hydrogen-bond donors (Lipinski definition) is 0. The van der Waals surface area contributed by atoms with Crippen LogP contribution in [0.3, 0.4) is 0 Å². The van der Waals surface area contributed by atoms with Crippen molar-refractivity contribution in [1.82, 2.24) is 15.0 Å². The molecule has 0 radical (unpaired) electrons. The monoisotopic (exact) mass is 157 g/mol. The number of aryl methyl sites for hydroxylation is 2. The van der Waals surface area contributed by atoms with E-state index in [1.807, 2.05) is 6.92 Å².